The topological polar surface area (TPSA) is 59.7 Å². The fourth-order valence-corrected chi connectivity index (χ4v) is 6.64. The lowest BCUT2D eigenvalue weighted by atomic mass is 9.82. The fourth-order valence-electron chi connectivity index (χ4n) is 5.95. The van der Waals surface area contributed by atoms with Gasteiger partial charge in [-0.3, -0.25) is 0 Å². The lowest BCUT2D eigenvalue weighted by molar-refractivity contribution is 0.265. The van der Waals surface area contributed by atoms with Crippen LogP contribution in [0.1, 0.15) is 54.6 Å². The minimum Gasteiger partial charge on any atom is -0.346 e. The van der Waals surface area contributed by atoms with E-state index in [2.05, 4.69) is 18.9 Å². The summed E-state index contributed by atoms with van der Waals surface area (Å²) in [6.45, 7) is 5.04. The lowest BCUT2D eigenvalue weighted by Gasteiger charge is -2.37. The Morgan fingerprint density at radius 3 is 2.55 bits per heavy atom. The van der Waals surface area contributed by atoms with Crippen LogP contribution in [-0.4, -0.2) is 37.2 Å². The molecule has 0 spiro atoms. The molecule has 4 heterocycles. The predicted octanol–water partition coefficient (Wildman–Crippen LogP) is 4.21. The number of hydrogen-bond donors (Lipinski definition) is 0. The molecule has 6 nitrogen and oxygen atoms in total. The average molecular weight is 439 g/mol. The summed E-state index contributed by atoms with van der Waals surface area (Å²) in [5, 5.41) is 5.99. The number of nitrogens with zero attached hydrogens (tertiary/aromatic N) is 6. The van der Waals surface area contributed by atoms with Crippen molar-refractivity contribution in [2.24, 2.45) is 17.8 Å². The number of rotatable bonds is 4. The number of fused-ring (bicyclic) bond motifs is 3. The van der Waals surface area contributed by atoms with Crippen LogP contribution in [-0.2, 0) is 13.0 Å². The first-order valence-corrected chi connectivity index (χ1v) is 12.2. The minimum absolute atomic E-state index is 0.188. The molecular formula is C23H27FN6S. The molecule has 31 heavy (non-hydrogen) atoms. The van der Waals surface area contributed by atoms with Gasteiger partial charge in [-0.25, -0.2) is 19.0 Å². The summed E-state index contributed by atoms with van der Waals surface area (Å²) in [6.07, 6.45) is 5.68. The van der Waals surface area contributed by atoms with E-state index in [1.165, 1.54) is 24.4 Å². The molecule has 0 N–H and O–H groups in total. The molecule has 2 fully saturated rings. The van der Waals surface area contributed by atoms with E-state index >= 15 is 0 Å². The summed E-state index contributed by atoms with van der Waals surface area (Å²) in [6, 6.07) is 6.90. The van der Waals surface area contributed by atoms with Crippen molar-refractivity contribution < 1.29 is 4.39 Å². The highest BCUT2D eigenvalue weighted by Gasteiger charge is 2.43. The maximum absolute atomic E-state index is 13.4. The van der Waals surface area contributed by atoms with Crippen LogP contribution in [0.5, 0.6) is 0 Å². The summed E-state index contributed by atoms with van der Waals surface area (Å²) in [4.78, 5) is 12.1. The molecule has 2 aromatic heterocycles. The predicted molar refractivity (Wildman–Crippen MR) is 118 cm³/mol. The van der Waals surface area contributed by atoms with E-state index in [4.69, 9.17) is 10.1 Å². The molecule has 162 valence electrons. The summed E-state index contributed by atoms with van der Waals surface area (Å²) < 4.78 is 19.9. The molecular weight excluding hydrogens is 411 g/mol. The molecule has 1 aliphatic carbocycles. The molecule has 1 saturated carbocycles. The quantitative estimate of drug-likeness (QED) is 0.611. The number of benzene rings is 1. The first-order valence-electron chi connectivity index (χ1n) is 11.4. The maximum Gasteiger partial charge on any atom is 0.205 e. The Kier molecular flexibility index (Phi) is 4.78. The van der Waals surface area contributed by atoms with Crippen LogP contribution in [0.25, 0.3) is 0 Å². The highest BCUT2D eigenvalue weighted by molar-refractivity contribution is 7.09. The Labute approximate surface area is 185 Å². The van der Waals surface area contributed by atoms with Gasteiger partial charge in [0.2, 0.25) is 5.13 Å². The van der Waals surface area contributed by atoms with Gasteiger partial charge in [-0.2, -0.15) is 9.47 Å². The number of piperidine rings is 1. The summed E-state index contributed by atoms with van der Waals surface area (Å²) in [7, 11) is 0. The van der Waals surface area contributed by atoms with Gasteiger partial charge in [-0.05, 0) is 68.1 Å². The second-order valence-corrected chi connectivity index (χ2v) is 10.1. The van der Waals surface area contributed by atoms with E-state index in [1.807, 2.05) is 19.1 Å². The van der Waals surface area contributed by atoms with E-state index in [1.54, 1.807) is 12.1 Å². The Hall–Kier alpha value is -2.35. The minimum atomic E-state index is -0.188. The highest BCUT2D eigenvalue weighted by Crippen LogP contribution is 2.45. The Balaban J connectivity index is 1.20. The van der Waals surface area contributed by atoms with Gasteiger partial charge < -0.3 is 4.90 Å². The van der Waals surface area contributed by atoms with Gasteiger partial charge in [0.1, 0.15) is 17.5 Å². The third-order valence-corrected chi connectivity index (χ3v) is 8.29. The zero-order chi connectivity index (χ0) is 20.9. The highest BCUT2D eigenvalue weighted by atomic mass is 32.1. The van der Waals surface area contributed by atoms with Crippen LogP contribution in [0, 0.1) is 30.5 Å². The molecule has 4 atom stereocenters. The van der Waals surface area contributed by atoms with Gasteiger partial charge >= 0.3 is 0 Å². The molecule has 3 aromatic rings. The zero-order valence-electron chi connectivity index (χ0n) is 17.7. The summed E-state index contributed by atoms with van der Waals surface area (Å²) in [5.41, 5.74) is 1.14. The van der Waals surface area contributed by atoms with E-state index in [9.17, 15) is 4.39 Å². The Morgan fingerprint density at radius 2 is 1.84 bits per heavy atom. The van der Waals surface area contributed by atoms with Crippen molar-refractivity contribution in [1.82, 2.24) is 24.1 Å². The number of aromatic nitrogens is 5. The smallest absolute Gasteiger partial charge is 0.205 e. The van der Waals surface area contributed by atoms with E-state index in [-0.39, 0.29) is 11.7 Å². The monoisotopic (exact) mass is 438 g/mol. The summed E-state index contributed by atoms with van der Waals surface area (Å²) in [5.74, 6) is 4.96. The van der Waals surface area contributed by atoms with Crippen molar-refractivity contribution in [3.05, 3.63) is 53.1 Å². The van der Waals surface area contributed by atoms with Crippen molar-refractivity contribution in [1.29, 1.82) is 0 Å². The molecule has 2 aliphatic heterocycles. The van der Waals surface area contributed by atoms with E-state index in [0.29, 0.717) is 17.8 Å². The van der Waals surface area contributed by atoms with Crippen LogP contribution in [0.4, 0.5) is 9.52 Å². The largest absolute Gasteiger partial charge is 0.346 e. The maximum atomic E-state index is 13.4. The lowest BCUT2D eigenvalue weighted by Crippen LogP contribution is -2.42. The van der Waals surface area contributed by atoms with Crippen LogP contribution < -0.4 is 4.90 Å². The van der Waals surface area contributed by atoms with Crippen molar-refractivity contribution >= 4 is 16.7 Å². The number of anilines is 1. The molecule has 2 unspecified atom stereocenters. The van der Waals surface area contributed by atoms with E-state index in [0.717, 1.165) is 67.1 Å². The van der Waals surface area contributed by atoms with Crippen LogP contribution in [0.15, 0.2) is 24.3 Å². The molecule has 1 aromatic carbocycles. The van der Waals surface area contributed by atoms with Gasteiger partial charge in [0, 0.05) is 43.5 Å². The first-order chi connectivity index (χ1) is 15.1. The number of halogens is 1. The van der Waals surface area contributed by atoms with Crippen LogP contribution >= 0.6 is 11.5 Å². The fraction of sp³-hybridized carbons (Fsp3) is 0.565. The zero-order valence-corrected chi connectivity index (χ0v) is 18.6. The molecule has 0 radical (unpaired) electrons. The molecule has 2 bridgehead atoms. The van der Waals surface area contributed by atoms with Gasteiger partial charge in [-0.1, -0.05) is 12.1 Å². The van der Waals surface area contributed by atoms with Crippen molar-refractivity contribution in [2.75, 3.05) is 18.0 Å². The molecule has 1 saturated heterocycles. The third-order valence-electron chi connectivity index (χ3n) is 7.43. The van der Waals surface area contributed by atoms with E-state index < -0.39 is 0 Å². The molecule has 3 aliphatic rings. The van der Waals surface area contributed by atoms with Gasteiger partial charge in [0.25, 0.3) is 0 Å². The number of hydrogen-bond acceptors (Lipinski definition) is 6. The third kappa shape index (κ3) is 3.54. The van der Waals surface area contributed by atoms with Crippen molar-refractivity contribution in [3.8, 4) is 0 Å². The normalized spacial score (nSPS) is 27.5. The van der Waals surface area contributed by atoms with Gasteiger partial charge in [0.15, 0.2) is 5.82 Å². The second kappa shape index (κ2) is 7.65. The Morgan fingerprint density at radius 1 is 1.06 bits per heavy atom. The van der Waals surface area contributed by atoms with Crippen LogP contribution in [0.2, 0.25) is 0 Å². The standard InChI is InChI=1S/C23H27FN6S/c1-14-25-23(31-28-14)29-12-16-4-5-17(13-29)20(16)11-21-26-22-19(3-2-10-30(22)27-21)15-6-8-18(24)9-7-15/h6-9,16-17,19-20H,2-5,10-13H2,1H3/t16-,17+,19?,20?. The average Bonchev–Trinajstić information content (AvgIpc) is 3.44. The molecule has 6 rings (SSSR count). The van der Waals surface area contributed by atoms with Gasteiger partial charge in [-0.15, -0.1) is 0 Å². The molecule has 0 amide bonds. The molecule has 8 heteroatoms. The number of aryl methyl sites for hydroxylation is 2. The Bertz CT molecular complexity index is 1060. The van der Waals surface area contributed by atoms with Gasteiger partial charge in [0.05, 0.1) is 0 Å². The van der Waals surface area contributed by atoms with Crippen molar-refractivity contribution in [3.63, 3.8) is 0 Å². The van der Waals surface area contributed by atoms with Crippen LogP contribution in [0.3, 0.4) is 0 Å². The van der Waals surface area contributed by atoms with Crippen molar-refractivity contribution in [2.45, 2.75) is 51.5 Å². The second-order valence-electron chi connectivity index (χ2n) is 9.35. The summed E-state index contributed by atoms with van der Waals surface area (Å²) >= 11 is 1.52. The first kappa shape index (κ1) is 19.3. The SMILES string of the molecule is Cc1nsc(N2C[C@H]3CC[C@@H](C2)C3Cc2nc3n(n2)CCCC3c2ccc(F)cc2)n1.